The summed E-state index contributed by atoms with van der Waals surface area (Å²) in [6.45, 7) is 1.27. The summed E-state index contributed by atoms with van der Waals surface area (Å²) in [4.78, 5) is 36.9. The van der Waals surface area contributed by atoms with E-state index in [0.29, 0.717) is 25.6 Å². The second-order valence-corrected chi connectivity index (χ2v) is 19.6. The van der Waals surface area contributed by atoms with Crippen LogP contribution in [0, 0.1) is 0 Å². The van der Waals surface area contributed by atoms with Crippen LogP contribution in [0.4, 0.5) is 22.7 Å². The molecule has 0 aromatic heterocycles. The topological polar surface area (TPSA) is 270 Å². The van der Waals surface area contributed by atoms with Crippen molar-refractivity contribution < 1.29 is 68.0 Å². The molecule has 6 rings (SSSR count). The van der Waals surface area contributed by atoms with Crippen molar-refractivity contribution in [3.05, 3.63) is 111 Å². The maximum absolute atomic E-state index is 13.4. The SMILES string of the molecule is CC(=O)[O][Hg][c]1cc(-c2ccc(N/N=C3/C(=O)c4c(N)cccc4C=C3S(=O)(=O)O)cc2)ccc1N/N=C1\C(=O)c2c(N)cccc2C=C1S(=O)(=O)O. The van der Waals surface area contributed by atoms with Crippen LogP contribution in [0.3, 0.4) is 0 Å². The first-order valence-corrected chi connectivity index (χ1v) is 23.2. The molecule has 2 aliphatic carbocycles. The van der Waals surface area contributed by atoms with Crippen LogP contribution in [0.5, 0.6) is 0 Å². The number of fused-ring (bicyclic) bond motifs is 2. The van der Waals surface area contributed by atoms with Gasteiger partial charge in [-0.25, -0.2) is 0 Å². The average Bonchev–Trinajstić information content (AvgIpc) is 3.09. The Balaban J connectivity index is 1.28. The molecule has 0 atom stereocenters. The van der Waals surface area contributed by atoms with Gasteiger partial charge in [-0.3, -0.25) is 4.55 Å². The molecule has 266 valence electrons. The molecule has 2 aliphatic rings. The molecule has 4 aromatic rings. The molecular formula is C34H26HgN6O10S2. The summed E-state index contributed by atoms with van der Waals surface area (Å²) in [5.41, 5.74) is 18.9. The van der Waals surface area contributed by atoms with Gasteiger partial charge in [-0.05, 0) is 11.6 Å². The van der Waals surface area contributed by atoms with Crippen molar-refractivity contribution >= 4 is 87.2 Å². The summed E-state index contributed by atoms with van der Waals surface area (Å²) in [6, 6.07) is 20.6. The van der Waals surface area contributed by atoms with Crippen molar-refractivity contribution in [3.63, 3.8) is 0 Å². The fraction of sp³-hybridized carbons (Fsp3) is 0.0294. The maximum atomic E-state index is 13.4. The van der Waals surface area contributed by atoms with Crippen molar-refractivity contribution in [3.8, 4) is 11.1 Å². The second-order valence-electron chi connectivity index (χ2n) is 11.6. The van der Waals surface area contributed by atoms with Crippen LogP contribution in [-0.2, 0) is 52.7 Å². The zero-order chi connectivity index (χ0) is 38.2. The summed E-state index contributed by atoms with van der Waals surface area (Å²) in [5, 5.41) is 8.07. The van der Waals surface area contributed by atoms with E-state index in [2.05, 4.69) is 21.1 Å². The summed E-state index contributed by atoms with van der Waals surface area (Å²) < 4.78 is 74.5. The van der Waals surface area contributed by atoms with E-state index in [1.807, 2.05) is 0 Å². The predicted octanol–water partition coefficient (Wildman–Crippen LogP) is 3.49. The Morgan fingerprint density at radius 2 is 1.21 bits per heavy atom. The quantitative estimate of drug-likeness (QED) is 0.0607. The van der Waals surface area contributed by atoms with Crippen LogP contribution in [-0.4, -0.2) is 54.9 Å². The Morgan fingerprint density at radius 1 is 0.717 bits per heavy atom. The number of rotatable bonds is 9. The fourth-order valence-corrected chi connectivity index (χ4v) is 10.8. The minimum atomic E-state index is -4.88. The molecule has 0 saturated carbocycles. The third kappa shape index (κ3) is 7.81. The van der Waals surface area contributed by atoms with E-state index in [-0.39, 0.29) is 33.6 Å². The number of hydrazone groups is 2. The van der Waals surface area contributed by atoms with Crippen LogP contribution in [0.2, 0.25) is 0 Å². The van der Waals surface area contributed by atoms with E-state index in [4.69, 9.17) is 14.1 Å². The summed E-state index contributed by atoms with van der Waals surface area (Å²) in [5.74, 6) is -2.11. The second kappa shape index (κ2) is 14.5. The Morgan fingerprint density at radius 3 is 1.70 bits per heavy atom. The van der Waals surface area contributed by atoms with Crippen molar-refractivity contribution in [2.24, 2.45) is 10.2 Å². The van der Waals surface area contributed by atoms with Crippen molar-refractivity contribution in [2.75, 3.05) is 22.3 Å². The van der Waals surface area contributed by atoms with E-state index in [1.165, 1.54) is 37.3 Å². The first-order chi connectivity index (χ1) is 25.0. The molecule has 4 aromatic carbocycles. The van der Waals surface area contributed by atoms with Gasteiger partial charge in [-0.1, -0.05) is 12.1 Å². The molecular weight excluding hydrogens is 917 g/mol. The average molecular weight is 943 g/mol. The molecule has 16 nitrogen and oxygen atoms in total. The van der Waals surface area contributed by atoms with Crippen molar-refractivity contribution in [1.29, 1.82) is 0 Å². The Kier molecular flexibility index (Phi) is 10.2. The standard InChI is InChI=1S/C32H23N6O8S2.C2H4O2.Hg/c33-23-5-1-3-19-15-25(47(41,42)43)29(31(39)27(19)23)37-35-21-11-7-17(8-12-21)18-9-13-22(14-10-18)36-38-30-26(48(44,45)46)16-20-4-2-6-24(34)28(20)32(30)40;1-2(3)4;/h1-13,15-16,35-36H,33-34H2,(H,41,42,43)(H,44,45,46);1H3,(H,3,4);/q;;+1/p-1/b37-29+,38-30-;;. The van der Waals surface area contributed by atoms with Crippen LogP contribution >= 0.6 is 0 Å². The van der Waals surface area contributed by atoms with Gasteiger partial charge in [0.25, 0.3) is 0 Å². The van der Waals surface area contributed by atoms with Gasteiger partial charge < -0.3 is 5.73 Å². The molecule has 0 fully saturated rings. The van der Waals surface area contributed by atoms with Gasteiger partial charge in [0, 0.05) is 5.69 Å². The van der Waals surface area contributed by atoms with E-state index in [0.717, 1.165) is 12.2 Å². The Bertz CT molecular complexity index is 2600. The first-order valence-electron chi connectivity index (χ1n) is 15.3. The fourth-order valence-electron chi connectivity index (χ4n) is 5.58. The molecule has 19 heteroatoms. The molecule has 0 saturated heterocycles. The molecule has 0 amide bonds. The minimum absolute atomic E-state index is 0.0240. The zero-order valence-electron chi connectivity index (χ0n) is 27.4. The van der Waals surface area contributed by atoms with Crippen LogP contribution in [0.15, 0.2) is 98.9 Å². The van der Waals surface area contributed by atoms with Gasteiger partial charge in [0.1, 0.15) is 0 Å². The van der Waals surface area contributed by atoms with Crippen LogP contribution < -0.4 is 25.4 Å². The number of benzene rings is 4. The number of allylic oxidation sites excluding steroid dienone is 2. The molecule has 0 radical (unpaired) electrons. The number of nitrogens with two attached hydrogens (primary N) is 2. The van der Waals surface area contributed by atoms with Gasteiger partial charge in [0.05, 0.1) is 0 Å². The molecule has 0 bridgehead atoms. The molecule has 8 N–H and O–H groups in total. The van der Waals surface area contributed by atoms with Gasteiger partial charge in [-0.15, -0.1) is 0 Å². The van der Waals surface area contributed by atoms with E-state index in [1.54, 1.807) is 48.5 Å². The summed E-state index contributed by atoms with van der Waals surface area (Å²) >= 11 is -2.66. The number of hydrogen-bond donors (Lipinski definition) is 6. The molecule has 0 spiro atoms. The molecule has 53 heavy (non-hydrogen) atoms. The van der Waals surface area contributed by atoms with E-state index < -0.39 is 84.0 Å². The number of ketones is 2. The molecule has 0 unspecified atom stereocenters. The van der Waals surface area contributed by atoms with E-state index >= 15 is 0 Å². The van der Waals surface area contributed by atoms with Gasteiger partial charge in [0.2, 0.25) is 0 Å². The van der Waals surface area contributed by atoms with Gasteiger partial charge in [-0.2, -0.15) is 8.42 Å². The van der Waals surface area contributed by atoms with Gasteiger partial charge in [0.15, 0.2) is 0 Å². The third-order valence-corrected chi connectivity index (χ3v) is 15.4. The van der Waals surface area contributed by atoms with Crippen molar-refractivity contribution in [2.45, 2.75) is 6.92 Å². The number of carbonyl (C=O) groups is 3. The number of hydrogen-bond acceptors (Lipinski definition) is 14. The van der Waals surface area contributed by atoms with Crippen LogP contribution in [0.25, 0.3) is 23.3 Å². The number of carbonyl (C=O) groups excluding carboxylic acids is 3. The zero-order valence-corrected chi connectivity index (χ0v) is 34.5. The number of nitrogens with zero attached hydrogens (tertiary/aromatic N) is 2. The Hall–Kier alpha value is -5.53. The normalized spacial score (nSPS) is 15.5. The first kappa shape index (κ1) is 37.2. The summed E-state index contributed by atoms with van der Waals surface area (Å²) in [6.07, 6.45) is 2.21. The predicted molar refractivity (Wildman–Crippen MR) is 195 cm³/mol. The number of nitrogen functional groups attached to an aromatic ring is 2. The monoisotopic (exact) mass is 944 g/mol. The number of anilines is 4. The van der Waals surface area contributed by atoms with Gasteiger partial charge >= 0.3 is 269 Å². The van der Waals surface area contributed by atoms with E-state index in [9.17, 15) is 40.3 Å². The molecule has 0 aliphatic heterocycles. The Labute approximate surface area is 314 Å². The number of Topliss-reactive ketones (excluding diaryl/α,β-unsaturated/α-hetero) is 2. The van der Waals surface area contributed by atoms with Crippen molar-refractivity contribution in [1.82, 2.24) is 0 Å². The third-order valence-electron chi connectivity index (χ3n) is 8.08. The molecule has 0 heterocycles. The van der Waals surface area contributed by atoms with Crippen LogP contribution in [0.1, 0.15) is 38.8 Å². The number of nitrogens with one attached hydrogen (secondary N) is 2. The summed E-state index contributed by atoms with van der Waals surface area (Å²) in [7, 11) is -9.72.